The normalized spacial score (nSPS) is 34.2. The highest BCUT2D eigenvalue weighted by Crippen LogP contribution is 2.52. The molecule has 2 atom stereocenters. The largest absolute Gasteiger partial charge is 0.477 e. The van der Waals surface area contributed by atoms with Crippen molar-refractivity contribution in [3.8, 4) is 0 Å². The van der Waals surface area contributed by atoms with Crippen molar-refractivity contribution in [3.05, 3.63) is 0 Å². The predicted octanol–water partition coefficient (Wildman–Crippen LogP) is 1.07. The van der Waals surface area contributed by atoms with Gasteiger partial charge in [0, 0.05) is 20.5 Å². The molecule has 1 saturated heterocycles. The lowest BCUT2D eigenvalue weighted by molar-refractivity contribution is -0.169. The van der Waals surface area contributed by atoms with E-state index in [2.05, 4.69) is 4.52 Å². The molecule has 76 valence electrons. The molecule has 1 aliphatic rings. The van der Waals surface area contributed by atoms with Gasteiger partial charge < -0.3 is 4.74 Å². The molecule has 6 nitrogen and oxygen atoms in total. The van der Waals surface area contributed by atoms with Crippen LogP contribution in [0.15, 0.2) is 0 Å². The zero-order valence-electron chi connectivity index (χ0n) is 7.39. The van der Waals surface area contributed by atoms with Crippen molar-refractivity contribution in [1.82, 2.24) is 0 Å². The summed E-state index contributed by atoms with van der Waals surface area (Å²) < 4.78 is 30.1. The van der Waals surface area contributed by atoms with E-state index in [9.17, 15) is 9.36 Å². The monoisotopic (exact) mass is 210 g/mol. The minimum absolute atomic E-state index is 0.184. The van der Waals surface area contributed by atoms with Crippen LogP contribution >= 0.6 is 7.82 Å². The Morgan fingerprint density at radius 3 is 2.85 bits per heavy atom. The third-order valence-electron chi connectivity index (χ3n) is 1.37. The van der Waals surface area contributed by atoms with Gasteiger partial charge in [0.1, 0.15) is 0 Å². The second-order valence-corrected chi connectivity index (χ2v) is 4.12. The van der Waals surface area contributed by atoms with Crippen molar-refractivity contribution in [2.24, 2.45) is 0 Å². The van der Waals surface area contributed by atoms with Gasteiger partial charge >= 0.3 is 13.8 Å². The first-order valence-corrected chi connectivity index (χ1v) is 5.18. The summed E-state index contributed by atoms with van der Waals surface area (Å²) in [5.74, 6) is -0.491. The summed E-state index contributed by atoms with van der Waals surface area (Å²) in [5.41, 5.74) is 0. The SMILES string of the molecule is COP1(=O)OCCC(OC(C)=O)O1. The fourth-order valence-corrected chi connectivity index (χ4v) is 1.87. The maximum atomic E-state index is 11.3. The molecule has 0 N–H and O–H groups in total. The van der Waals surface area contributed by atoms with Gasteiger partial charge in [-0.05, 0) is 0 Å². The van der Waals surface area contributed by atoms with E-state index in [1.165, 1.54) is 14.0 Å². The van der Waals surface area contributed by atoms with E-state index in [4.69, 9.17) is 13.8 Å². The van der Waals surface area contributed by atoms with Gasteiger partial charge in [-0.3, -0.25) is 13.8 Å². The Balaban J connectivity index is 2.51. The molecule has 1 rings (SSSR count). The Labute approximate surface area is 75.7 Å². The Morgan fingerprint density at radius 1 is 1.62 bits per heavy atom. The second-order valence-electron chi connectivity index (χ2n) is 2.40. The highest BCUT2D eigenvalue weighted by Gasteiger charge is 2.35. The second kappa shape index (κ2) is 4.19. The van der Waals surface area contributed by atoms with Gasteiger partial charge in [-0.25, -0.2) is 9.09 Å². The van der Waals surface area contributed by atoms with Gasteiger partial charge in [-0.15, -0.1) is 0 Å². The van der Waals surface area contributed by atoms with Crippen molar-refractivity contribution >= 4 is 13.8 Å². The molecule has 1 aliphatic heterocycles. The minimum atomic E-state index is -3.48. The number of hydrogen-bond donors (Lipinski definition) is 0. The predicted molar refractivity (Wildman–Crippen MR) is 41.8 cm³/mol. The van der Waals surface area contributed by atoms with Crippen molar-refractivity contribution in [1.29, 1.82) is 0 Å². The van der Waals surface area contributed by atoms with E-state index in [0.29, 0.717) is 6.42 Å². The first-order chi connectivity index (χ1) is 6.06. The molecule has 0 aromatic carbocycles. The van der Waals surface area contributed by atoms with E-state index in [1.54, 1.807) is 0 Å². The Morgan fingerprint density at radius 2 is 2.31 bits per heavy atom. The summed E-state index contributed by atoms with van der Waals surface area (Å²) in [6.07, 6.45) is -0.482. The lowest BCUT2D eigenvalue weighted by Crippen LogP contribution is -2.25. The third kappa shape index (κ3) is 3.08. The molecule has 0 saturated carbocycles. The van der Waals surface area contributed by atoms with Gasteiger partial charge in [0.2, 0.25) is 6.29 Å². The van der Waals surface area contributed by atoms with Crippen LogP contribution in [0.25, 0.3) is 0 Å². The number of ether oxygens (including phenoxy) is 1. The van der Waals surface area contributed by atoms with Crippen LogP contribution in [0, 0.1) is 0 Å². The number of hydrogen-bond acceptors (Lipinski definition) is 6. The average Bonchev–Trinajstić information content (AvgIpc) is 2.03. The van der Waals surface area contributed by atoms with Crippen molar-refractivity contribution < 1.29 is 27.7 Å². The number of carbonyl (C=O) groups excluding carboxylic acids is 1. The molecule has 0 amide bonds. The van der Waals surface area contributed by atoms with Crippen molar-refractivity contribution in [2.45, 2.75) is 19.6 Å². The molecule has 13 heavy (non-hydrogen) atoms. The minimum Gasteiger partial charge on any atom is -0.435 e. The van der Waals surface area contributed by atoms with Crippen LogP contribution in [0.1, 0.15) is 13.3 Å². The van der Waals surface area contributed by atoms with E-state index in [1.807, 2.05) is 0 Å². The summed E-state index contributed by atoms with van der Waals surface area (Å²) in [7, 11) is -2.28. The molecular weight excluding hydrogens is 199 g/mol. The van der Waals surface area contributed by atoms with Crippen molar-refractivity contribution in [3.63, 3.8) is 0 Å². The lowest BCUT2D eigenvalue weighted by atomic mass is 10.4. The van der Waals surface area contributed by atoms with Crippen LogP contribution in [0.5, 0.6) is 0 Å². The van der Waals surface area contributed by atoms with Gasteiger partial charge in [0.25, 0.3) is 0 Å². The number of phosphoric acid groups is 1. The molecule has 1 heterocycles. The van der Waals surface area contributed by atoms with Gasteiger partial charge in [-0.1, -0.05) is 0 Å². The maximum Gasteiger partial charge on any atom is 0.477 e. The maximum absolute atomic E-state index is 11.3. The standard InChI is InChI=1S/C6H11O6P/c1-5(7)11-6-3-4-10-13(8,9-2)12-6/h6H,3-4H2,1-2H3. The zero-order chi connectivity index (χ0) is 9.90. The molecular formula is C6H11O6P. The van der Waals surface area contributed by atoms with Gasteiger partial charge in [0.15, 0.2) is 0 Å². The van der Waals surface area contributed by atoms with Crippen LogP contribution < -0.4 is 0 Å². The van der Waals surface area contributed by atoms with Crippen LogP contribution in [0.3, 0.4) is 0 Å². The topological polar surface area (TPSA) is 71.1 Å². The summed E-state index contributed by atoms with van der Waals surface area (Å²) in [6, 6.07) is 0. The lowest BCUT2D eigenvalue weighted by Gasteiger charge is -2.26. The molecule has 0 spiro atoms. The molecule has 0 bridgehead atoms. The van der Waals surface area contributed by atoms with E-state index < -0.39 is 20.1 Å². The summed E-state index contributed by atoms with van der Waals surface area (Å²) >= 11 is 0. The van der Waals surface area contributed by atoms with Crippen LogP contribution in [-0.4, -0.2) is 26.0 Å². The Kier molecular flexibility index (Phi) is 3.44. The average molecular weight is 210 g/mol. The fraction of sp³-hybridized carbons (Fsp3) is 0.833. The highest BCUT2D eigenvalue weighted by molar-refractivity contribution is 7.48. The molecule has 0 aromatic heterocycles. The quantitative estimate of drug-likeness (QED) is 0.501. The Hall–Kier alpha value is -0.420. The first-order valence-electron chi connectivity index (χ1n) is 3.72. The van der Waals surface area contributed by atoms with E-state index in [0.717, 1.165) is 0 Å². The number of phosphoric ester groups is 1. The van der Waals surface area contributed by atoms with Crippen LogP contribution in [-0.2, 0) is 27.7 Å². The molecule has 0 aromatic rings. The zero-order valence-corrected chi connectivity index (χ0v) is 8.28. The smallest absolute Gasteiger partial charge is 0.435 e. The van der Waals surface area contributed by atoms with Crippen molar-refractivity contribution in [2.75, 3.05) is 13.7 Å². The summed E-state index contributed by atoms with van der Waals surface area (Å²) in [4.78, 5) is 10.5. The number of rotatable bonds is 2. The summed E-state index contributed by atoms with van der Waals surface area (Å²) in [5, 5.41) is 0. The Bertz CT molecular complexity index is 239. The molecule has 0 aliphatic carbocycles. The molecule has 0 radical (unpaired) electrons. The number of carbonyl (C=O) groups is 1. The molecule has 1 fully saturated rings. The molecule has 2 unspecified atom stereocenters. The molecule has 7 heteroatoms. The summed E-state index contributed by atoms with van der Waals surface area (Å²) in [6.45, 7) is 1.43. The van der Waals surface area contributed by atoms with Gasteiger partial charge in [0.05, 0.1) is 6.61 Å². The van der Waals surface area contributed by atoms with Gasteiger partial charge in [-0.2, -0.15) is 0 Å². The van der Waals surface area contributed by atoms with E-state index >= 15 is 0 Å². The van der Waals surface area contributed by atoms with Crippen LogP contribution in [0.2, 0.25) is 0 Å². The van der Waals surface area contributed by atoms with Crippen LogP contribution in [0.4, 0.5) is 0 Å². The highest BCUT2D eigenvalue weighted by atomic mass is 31.2. The van der Waals surface area contributed by atoms with E-state index in [-0.39, 0.29) is 6.61 Å². The fourth-order valence-electron chi connectivity index (χ4n) is 0.849. The first kappa shape index (κ1) is 10.7. The third-order valence-corrected chi connectivity index (χ3v) is 2.81. The number of esters is 1.